The van der Waals surface area contributed by atoms with Crippen LogP contribution in [0.15, 0.2) is 18.3 Å². The Morgan fingerprint density at radius 2 is 1.90 bits per heavy atom. The SMILES string of the molecule is C[Si](C)(C)CCOCn1cc(Cl)c2c(NCCCOc3nc(N4CCC5(CC4)COC5)ccc3[N+](=O)[O-])nc(Cl)nc21. The fourth-order valence-electron chi connectivity index (χ4n) is 5.06. The molecule has 2 aliphatic rings. The van der Waals surface area contributed by atoms with Gasteiger partial charge in [0.1, 0.15) is 18.4 Å². The van der Waals surface area contributed by atoms with Gasteiger partial charge in [0.2, 0.25) is 5.28 Å². The molecule has 5 heterocycles. The number of fused-ring (bicyclic) bond motifs is 1. The Bertz CT molecular complexity index is 1420. The summed E-state index contributed by atoms with van der Waals surface area (Å²) in [5, 5.41) is 16.1. The minimum absolute atomic E-state index is 0.0199. The molecule has 0 aliphatic carbocycles. The number of anilines is 2. The van der Waals surface area contributed by atoms with E-state index in [2.05, 4.69) is 44.8 Å². The zero-order valence-corrected chi connectivity index (χ0v) is 26.7. The fraction of sp³-hybridized carbons (Fsp3) is 0.593. The van der Waals surface area contributed by atoms with Gasteiger partial charge in [-0.2, -0.15) is 15.0 Å². The van der Waals surface area contributed by atoms with Crippen LogP contribution < -0.4 is 15.0 Å². The normalized spacial score (nSPS) is 16.5. The Kier molecular flexibility index (Phi) is 9.43. The van der Waals surface area contributed by atoms with Crippen LogP contribution in [-0.4, -0.2) is 78.6 Å². The molecule has 2 fully saturated rings. The molecule has 15 heteroatoms. The Morgan fingerprint density at radius 1 is 1.14 bits per heavy atom. The largest absolute Gasteiger partial charge is 0.473 e. The first-order valence-corrected chi connectivity index (χ1v) is 18.6. The van der Waals surface area contributed by atoms with Crippen LogP contribution in [0.4, 0.5) is 17.3 Å². The van der Waals surface area contributed by atoms with Crippen LogP contribution >= 0.6 is 23.2 Å². The number of rotatable bonds is 13. The monoisotopic (exact) mass is 637 g/mol. The highest BCUT2D eigenvalue weighted by atomic mass is 35.5. The first-order valence-electron chi connectivity index (χ1n) is 14.2. The molecule has 0 radical (unpaired) electrons. The van der Waals surface area contributed by atoms with Crippen molar-refractivity contribution in [2.24, 2.45) is 5.41 Å². The Labute approximate surface area is 255 Å². The third kappa shape index (κ3) is 7.25. The maximum atomic E-state index is 11.6. The number of aromatic nitrogens is 4. The molecule has 0 unspecified atom stereocenters. The molecule has 3 aromatic heterocycles. The zero-order chi connectivity index (χ0) is 29.9. The predicted molar refractivity (Wildman–Crippen MR) is 166 cm³/mol. The lowest BCUT2D eigenvalue weighted by atomic mass is 9.77. The van der Waals surface area contributed by atoms with Gasteiger partial charge in [-0.3, -0.25) is 10.1 Å². The van der Waals surface area contributed by atoms with E-state index in [9.17, 15) is 10.1 Å². The van der Waals surface area contributed by atoms with Gasteiger partial charge in [-0.25, -0.2) is 0 Å². The molecule has 5 rings (SSSR count). The number of nitrogens with one attached hydrogen (secondary N) is 1. The molecule has 0 atom stereocenters. The van der Waals surface area contributed by atoms with Crippen molar-refractivity contribution in [1.82, 2.24) is 19.5 Å². The van der Waals surface area contributed by atoms with E-state index in [0.717, 1.165) is 45.2 Å². The summed E-state index contributed by atoms with van der Waals surface area (Å²) in [7, 11) is -1.20. The third-order valence-corrected chi connectivity index (χ3v) is 9.87. The zero-order valence-electron chi connectivity index (χ0n) is 24.2. The van der Waals surface area contributed by atoms with Gasteiger partial charge in [0.25, 0.3) is 5.88 Å². The van der Waals surface area contributed by atoms with E-state index in [1.165, 1.54) is 6.07 Å². The highest BCUT2D eigenvalue weighted by Gasteiger charge is 2.41. The molecule has 12 nitrogen and oxygen atoms in total. The van der Waals surface area contributed by atoms with Gasteiger partial charge in [-0.15, -0.1) is 0 Å². The third-order valence-electron chi connectivity index (χ3n) is 7.71. The van der Waals surface area contributed by atoms with Crippen molar-refractivity contribution >= 4 is 59.6 Å². The summed E-state index contributed by atoms with van der Waals surface area (Å²) in [6.07, 6.45) is 4.33. The summed E-state index contributed by atoms with van der Waals surface area (Å²) < 4.78 is 18.9. The summed E-state index contributed by atoms with van der Waals surface area (Å²) in [5.74, 6) is 1.21. The van der Waals surface area contributed by atoms with Gasteiger partial charge in [0.05, 0.1) is 35.2 Å². The number of hydrogen-bond donors (Lipinski definition) is 1. The summed E-state index contributed by atoms with van der Waals surface area (Å²) >= 11 is 12.8. The van der Waals surface area contributed by atoms with Crippen LogP contribution in [0, 0.1) is 15.5 Å². The Balaban J connectivity index is 1.18. The average Bonchev–Trinajstić information content (AvgIpc) is 3.24. The number of ether oxygens (including phenoxy) is 3. The highest BCUT2D eigenvalue weighted by Crippen LogP contribution is 2.40. The number of pyridine rings is 1. The second-order valence-corrected chi connectivity index (χ2v) is 18.6. The fourth-order valence-corrected chi connectivity index (χ4v) is 6.28. The summed E-state index contributed by atoms with van der Waals surface area (Å²) in [6.45, 7) is 11.9. The average molecular weight is 639 g/mol. The minimum atomic E-state index is -1.20. The molecule has 0 bridgehead atoms. The van der Waals surface area contributed by atoms with Crippen molar-refractivity contribution in [1.29, 1.82) is 0 Å². The second kappa shape index (κ2) is 12.9. The molecule has 0 amide bonds. The quantitative estimate of drug-likeness (QED) is 0.0800. The van der Waals surface area contributed by atoms with E-state index in [-0.39, 0.29) is 28.9 Å². The number of nitro groups is 1. The molecule has 0 saturated carbocycles. The second-order valence-electron chi connectivity index (χ2n) is 12.2. The van der Waals surface area contributed by atoms with Crippen LogP contribution in [0.1, 0.15) is 19.3 Å². The van der Waals surface area contributed by atoms with E-state index in [1.807, 2.05) is 4.57 Å². The minimum Gasteiger partial charge on any atom is -0.473 e. The van der Waals surface area contributed by atoms with Crippen LogP contribution in [0.3, 0.4) is 0 Å². The molecule has 2 aliphatic heterocycles. The number of halogens is 2. The molecule has 42 heavy (non-hydrogen) atoms. The lowest BCUT2D eigenvalue weighted by molar-refractivity contribution is -0.386. The van der Waals surface area contributed by atoms with Gasteiger partial charge in [-0.1, -0.05) is 31.2 Å². The van der Waals surface area contributed by atoms with Gasteiger partial charge < -0.3 is 29.0 Å². The van der Waals surface area contributed by atoms with Crippen molar-refractivity contribution in [3.05, 3.63) is 38.8 Å². The maximum Gasteiger partial charge on any atom is 0.331 e. The molecule has 228 valence electrons. The molecule has 2 saturated heterocycles. The van der Waals surface area contributed by atoms with Crippen LogP contribution in [-0.2, 0) is 16.2 Å². The number of piperidine rings is 1. The van der Waals surface area contributed by atoms with Gasteiger partial charge >= 0.3 is 5.69 Å². The number of nitrogens with zero attached hydrogens (tertiary/aromatic N) is 6. The van der Waals surface area contributed by atoms with E-state index >= 15 is 0 Å². The Morgan fingerprint density at radius 3 is 2.57 bits per heavy atom. The summed E-state index contributed by atoms with van der Waals surface area (Å²) in [5.41, 5.74) is 0.714. The van der Waals surface area contributed by atoms with Crippen molar-refractivity contribution in [2.75, 3.05) is 56.3 Å². The molecular formula is C27H37Cl2N7O5Si. The van der Waals surface area contributed by atoms with Crippen molar-refractivity contribution in [3.63, 3.8) is 0 Å². The van der Waals surface area contributed by atoms with Crippen molar-refractivity contribution in [2.45, 2.75) is 51.7 Å². The standard InChI is InChI=1S/C27H37Cl2N7O5Si/c1-42(2,3)14-13-39-18-35-15-19(28)22-23(32-26(29)33-24(22)35)30-9-4-12-41-25-20(36(37)38)5-6-21(31-25)34-10-7-27(8-11-34)16-40-17-27/h5-6,15H,4,7-14,16-18H2,1-3H3,(H,30,32,33). The van der Waals surface area contributed by atoms with Gasteiger partial charge in [0, 0.05) is 52.0 Å². The van der Waals surface area contributed by atoms with Crippen LogP contribution in [0.25, 0.3) is 11.0 Å². The summed E-state index contributed by atoms with van der Waals surface area (Å²) in [4.78, 5) is 26.5. The highest BCUT2D eigenvalue weighted by molar-refractivity contribution is 6.76. The topological polar surface area (TPSA) is 130 Å². The van der Waals surface area contributed by atoms with Crippen molar-refractivity contribution < 1.29 is 19.1 Å². The summed E-state index contributed by atoms with van der Waals surface area (Å²) in [6, 6.07) is 4.22. The molecular weight excluding hydrogens is 601 g/mol. The van der Waals surface area contributed by atoms with E-state index in [0.29, 0.717) is 54.0 Å². The molecule has 3 aromatic rings. The van der Waals surface area contributed by atoms with Crippen LogP contribution in [0.5, 0.6) is 5.88 Å². The van der Waals surface area contributed by atoms with Gasteiger partial charge in [0.15, 0.2) is 5.65 Å². The van der Waals surface area contributed by atoms with E-state index in [4.69, 9.17) is 37.4 Å². The van der Waals surface area contributed by atoms with E-state index < -0.39 is 13.0 Å². The van der Waals surface area contributed by atoms with Gasteiger partial charge in [-0.05, 0) is 43.0 Å². The first kappa shape index (κ1) is 30.7. The molecule has 0 aromatic carbocycles. The van der Waals surface area contributed by atoms with Crippen LogP contribution in [0.2, 0.25) is 36.0 Å². The van der Waals surface area contributed by atoms with E-state index in [1.54, 1.807) is 12.3 Å². The number of hydrogen-bond acceptors (Lipinski definition) is 10. The molecule has 1 N–H and O–H groups in total. The maximum absolute atomic E-state index is 11.6. The predicted octanol–water partition coefficient (Wildman–Crippen LogP) is 5.85. The smallest absolute Gasteiger partial charge is 0.331 e. The lowest BCUT2D eigenvalue weighted by Gasteiger charge is -2.47. The molecule has 1 spiro atoms. The Hall–Kier alpha value is -2.71. The first-order chi connectivity index (χ1) is 20.0. The lowest BCUT2D eigenvalue weighted by Crippen LogP contribution is -2.51. The van der Waals surface area contributed by atoms with Crippen molar-refractivity contribution in [3.8, 4) is 5.88 Å².